The highest BCUT2D eigenvalue weighted by molar-refractivity contribution is 5.96. The summed E-state index contributed by atoms with van der Waals surface area (Å²) in [4.78, 5) is 36.9. The van der Waals surface area contributed by atoms with Crippen LogP contribution in [-0.2, 0) is 11.0 Å². The summed E-state index contributed by atoms with van der Waals surface area (Å²) in [5.41, 5.74) is 0.357. The number of nitrogens with zero attached hydrogens (tertiary/aromatic N) is 5. The van der Waals surface area contributed by atoms with Crippen LogP contribution in [0.2, 0.25) is 0 Å². The van der Waals surface area contributed by atoms with Gasteiger partial charge in [0.15, 0.2) is 0 Å². The molecule has 3 fully saturated rings. The van der Waals surface area contributed by atoms with E-state index in [-0.39, 0.29) is 23.8 Å². The molecule has 2 saturated heterocycles. The Bertz CT molecular complexity index is 1160. The van der Waals surface area contributed by atoms with Gasteiger partial charge in [-0.25, -0.2) is 4.98 Å². The van der Waals surface area contributed by atoms with Crippen LogP contribution in [0, 0.1) is 19.8 Å². The first kappa shape index (κ1) is 28.6. The molecule has 40 heavy (non-hydrogen) atoms. The summed E-state index contributed by atoms with van der Waals surface area (Å²) in [6.07, 6.45) is 4.32. The number of carbonyl (C=O) groups excluding carboxylic acids is 2. The monoisotopic (exact) mass is 561 g/mol. The van der Waals surface area contributed by atoms with Crippen LogP contribution >= 0.6 is 0 Å². The van der Waals surface area contributed by atoms with Crippen LogP contribution in [0.4, 0.5) is 19.0 Å². The highest BCUT2D eigenvalue weighted by atomic mass is 19.4. The molecule has 0 bridgehead atoms. The maximum Gasteiger partial charge on any atom is 0.417 e. The zero-order valence-electron chi connectivity index (χ0n) is 23.3. The molecule has 2 amide bonds. The number of likely N-dealkylation sites (tertiary alicyclic amines) is 2. The number of rotatable bonds is 5. The minimum atomic E-state index is -4.47. The number of alkyl halides is 3. The first-order valence-electron chi connectivity index (χ1n) is 14.5. The van der Waals surface area contributed by atoms with Crippen molar-refractivity contribution < 1.29 is 27.3 Å². The SMILES string of the molecule is Cc1noc(C)c1C(=O)N1CCC(N2CCC(N(C(=O)C3CCCCC3)c3ccc(C(F)(F)F)cn3)CC2)CC1. The highest BCUT2D eigenvalue weighted by Gasteiger charge is 2.38. The van der Waals surface area contributed by atoms with Crippen molar-refractivity contribution in [1.29, 1.82) is 0 Å². The molecule has 0 radical (unpaired) electrons. The van der Waals surface area contributed by atoms with Crippen molar-refractivity contribution in [3.63, 3.8) is 0 Å². The van der Waals surface area contributed by atoms with Gasteiger partial charge in [-0.3, -0.25) is 14.5 Å². The van der Waals surface area contributed by atoms with Gasteiger partial charge in [0, 0.05) is 50.4 Å². The van der Waals surface area contributed by atoms with E-state index in [1.807, 2.05) is 4.90 Å². The zero-order valence-corrected chi connectivity index (χ0v) is 23.3. The Morgan fingerprint density at radius 2 is 1.62 bits per heavy atom. The van der Waals surface area contributed by atoms with E-state index in [0.29, 0.717) is 42.0 Å². The molecule has 8 nitrogen and oxygen atoms in total. The molecular formula is C29H38F3N5O3. The number of pyridine rings is 1. The van der Waals surface area contributed by atoms with Gasteiger partial charge in [-0.15, -0.1) is 0 Å². The molecule has 3 aliphatic rings. The summed E-state index contributed by atoms with van der Waals surface area (Å²) in [6, 6.07) is 2.62. The third-order valence-electron chi connectivity index (χ3n) is 8.89. The van der Waals surface area contributed by atoms with E-state index in [1.54, 1.807) is 18.7 Å². The van der Waals surface area contributed by atoms with E-state index in [9.17, 15) is 22.8 Å². The minimum absolute atomic E-state index is 0.00319. The lowest BCUT2D eigenvalue weighted by Gasteiger charge is -2.44. The molecule has 2 aromatic heterocycles. The topological polar surface area (TPSA) is 82.8 Å². The smallest absolute Gasteiger partial charge is 0.361 e. The fourth-order valence-electron chi connectivity index (χ4n) is 6.61. The summed E-state index contributed by atoms with van der Waals surface area (Å²) in [7, 11) is 0. The van der Waals surface area contributed by atoms with Crippen LogP contribution in [0.5, 0.6) is 0 Å². The van der Waals surface area contributed by atoms with Crippen molar-refractivity contribution in [2.75, 3.05) is 31.1 Å². The lowest BCUT2D eigenvalue weighted by molar-refractivity contribution is -0.137. The maximum absolute atomic E-state index is 13.7. The van der Waals surface area contributed by atoms with Gasteiger partial charge in [0.1, 0.15) is 17.1 Å². The number of anilines is 1. The molecule has 0 N–H and O–H groups in total. The summed E-state index contributed by atoms with van der Waals surface area (Å²) < 4.78 is 44.7. The summed E-state index contributed by atoms with van der Waals surface area (Å²) >= 11 is 0. The van der Waals surface area contributed by atoms with Gasteiger partial charge in [0.05, 0.1) is 11.3 Å². The normalized spacial score (nSPS) is 20.6. The molecule has 4 heterocycles. The van der Waals surface area contributed by atoms with Crippen molar-refractivity contribution in [2.45, 2.75) is 89.9 Å². The van der Waals surface area contributed by atoms with Gasteiger partial charge in [-0.05, 0) is 64.5 Å². The average molecular weight is 562 g/mol. The zero-order chi connectivity index (χ0) is 28.4. The molecule has 2 aromatic rings. The maximum atomic E-state index is 13.7. The number of aromatic nitrogens is 2. The third-order valence-corrected chi connectivity index (χ3v) is 8.89. The molecule has 2 aliphatic heterocycles. The van der Waals surface area contributed by atoms with Crippen molar-refractivity contribution >= 4 is 17.6 Å². The summed E-state index contributed by atoms with van der Waals surface area (Å²) in [5.74, 6) is 0.719. The Hall–Kier alpha value is -2.95. The first-order valence-corrected chi connectivity index (χ1v) is 14.5. The molecule has 218 valence electrons. The van der Waals surface area contributed by atoms with E-state index in [0.717, 1.165) is 83.1 Å². The van der Waals surface area contributed by atoms with Gasteiger partial charge >= 0.3 is 6.18 Å². The second-order valence-corrected chi connectivity index (χ2v) is 11.4. The van der Waals surface area contributed by atoms with Gasteiger partial charge < -0.3 is 14.3 Å². The number of piperidine rings is 2. The van der Waals surface area contributed by atoms with Gasteiger partial charge in [0.25, 0.3) is 5.91 Å². The summed E-state index contributed by atoms with van der Waals surface area (Å²) in [6.45, 7) is 6.45. The Kier molecular flexibility index (Phi) is 8.49. The second kappa shape index (κ2) is 11.9. The number of aryl methyl sites for hydroxylation is 2. The van der Waals surface area contributed by atoms with Crippen molar-refractivity contribution in [1.82, 2.24) is 19.9 Å². The number of hydrogen-bond donors (Lipinski definition) is 0. The van der Waals surface area contributed by atoms with Crippen molar-refractivity contribution in [2.24, 2.45) is 5.92 Å². The van der Waals surface area contributed by atoms with Crippen LogP contribution < -0.4 is 4.90 Å². The van der Waals surface area contributed by atoms with Crippen molar-refractivity contribution in [3.05, 3.63) is 40.9 Å². The predicted octanol–water partition coefficient (Wildman–Crippen LogP) is 5.39. The van der Waals surface area contributed by atoms with Gasteiger partial charge in [0.2, 0.25) is 5.91 Å². The van der Waals surface area contributed by atoms with Gasteiger partial charge in [-0.1, -0.05) is 24.4 Å². The molecule has 0 spiro atoms. The van der Waals surface area contributed by atoms with Crippen molar-refractivity contribution in [3.8, 4) is 0 Å². The van der Waals surface area contributed by atoms with E-state index >= 15 is 0 Å². The third kappa shape index (κ3) is 6.04. The number of amides is 2. The number of carbonyl (C=O) groups is 2. The van der Waals surface area contributed by atoms with Gasteiger partial charge in [-0.2, -0.15) is 13.2 Å². The first-order chi connectivity index (χ1) is 19.1. The van der Waals surface area contributed by atoms with Crippen LogP contribution in [0.1, 0.15) is 85.2 Å². The molecule has 1 aliphatic carbocycles. The molecule has 1 saturated carbocycles. The molecular weight excluding hydrogens is 523 g/mol. The number of hydrogen-bond acceptors (Lipinski definition) is 6. The molecule has 0 aromatic carbocycles. The second-order valence-electron chi connectivity index (χ2n) is 11.4. The van der Waals surface area contributed by atoms with Crippen LogP contribution in [0.15, 0.2) is 22.9 Å². The molecule has 0 unspecified atom stereocenters. The molecule has 5 rings (SSSR count). The average Bonchev–Trinajstić information content (AvgIpc) is 3.31. The Balaban J connectivity index is 1.22. The van der Waals surface area contributed by atoms with E-state index < -0.39 is 11.7 Å². The Morgan fingerprint density at radius 3 is 2.17 bits per heavy atom. The van der Waals surface area contributed by atoms with E-state index in [1.165, 1.54) is 6.07 Å². The van der Waals surface area contributed by atoms with Crippen LogP contribution in [-0.4, -0.2) is 70.0 Å². The Morgan fingerprint density at radius 1 is 0.950 bits per heavy atom. The van der Waals surface area contributed by atoms with Crippen LogP contribution in [0.25, 0.3) is 0 Å². The fraction of sp³-hybridized carbons (Fsp3) is 0.655. The highest BCUT2D eigenvalue weighted by Crippen LogP contribution is 2.34. The van der Waals surface area contributed by atoms with E-state index in [4.69, 9.17) is 4.52 Å². The molecule has 11 heteroatoms. The van der Waals surface area contributed by atoms with E-state index in [2.05, 4.69) is 15.0 Å². The lowest BCUT2D eigenvalue weighted by Crippen LogP contribution is -2.54. The molecule has 0 atom stereocenters. The van der Waals surface area contributed by atoms with Crippen LogP contribution in [0.3, 0.4) is 0 Å². The number of halogens is 3. The standard InChI is InChI=1S/C29H38F3N5O3/c1-19-26(20(2)40-34-19)28(39)36-16-10-23(11-17-36)35-14-12-24(13-15-35)37(27(38)21-6-4-3-5-7-21)25-9-8-22(18-33-25)29(30,31)32/h8-9,18,21,23-24H,3-7,10-17H2,1-2H3. The lowest BCUT2D eigenvalue weighted by atomic mass is 9.87. The minimum Gasteiger partial charge on any atom is -0.361 e. The quantitative estimate of drug-likeness (QED) is 0.487. The largest absolute Gasteiger partial charge is 0.417 e. The predicted molar refractivity (Wildman–Crippen MR) is 143 cm³/mol. The summed E-state index contributed by atoms with van der Waals surface area (Å²) in [5, 5.41) is 3.91. The Labute approximate surface area is 232 Å². The fourth-order valence-corrected chi connectivity index (χ4v) is 6.61.